The quantitative estimate of drug-likeness (QED) is 0.875. The number of nitriles is 1. The summed E-state index contributed by atoms with van der Waals surface area (Å²) in [6.45, 7) is 2.03. The Labute approximate surface area is 116 Å². The van der Waals surface area contributed by atoms with Gasteiger partial charge in [-0.15, -0.1) is 0 Å². The van der Waals surface area contributed by atoms with Crippen LogP contribution in [0.3, 0.4) is 0 Å². The number of carbonyl (C=O) groups is 1. The van der Waals surface area contributed by atoms with Crippen LogP contribution in [-0.2, 0) is 0 Å². The molecule has 1 aromatic carbocycles. The largest absolute Gasteiger partial charge is 0.349 e. The Balaban J connectivity index is 2.26. The number of carbonyl (C=O) groups excluding carboxylic acids is 1. The first-order chi connectivity index (χ1) is 9.11. The van der Waals surface area contributed by atoms with Gasteiger partial charge in [0.25, 0.3) is 5.91 Å². The smallest absolute Gasteiger partial charge is 0.270 e. The monoisotopic (exact) mass is 273 g/mol. The number of aromatic nitrogens is 1. The third kappa shape index (κ3) is 3.01. The molecule has 1 unspecified atom stereocenters. The molecule has 0 spiro atoms. The molecule has 0 aliphatic rings. The Morgan fingerprint density at radius 1 is 1.53 bits per heavy atom. The molecule has 0 saturated heterocycles. The maximum atomic E-state index is 11.9. The van der Waals surface area contributed by atoms with E-state index >= 15 is 0 Å². The third-order valence-corrected chi connectivity index (χ3v) is 3.00. The molecule has 0 fully saturated rings. The first-order valence-corrected chi connectivity index (χ1v) is 6.22. The highest BCUT2D eigenvalue weighted by atomic mass is 35.5. The molecule has 2 aromatic rings. The molecule has 4 nitrogen and oxygen atoms in total. The van der Waals surface area contributed by atoms with Crippen molar-refractivity contribution in [2.75, 3.05) is 6.54 Å². The number of halogens is 1. The van der Waals surface area contributed by atoms with Crippen molar-refractivity contribution in [1.29, 1.82) is 5.26 Å². The third-order valence-electron chi connectivity index (χ3n) is 2.72. The van der Waals surface area contributed by atoms with Crippen LogP contribution in [0.25, 0.3) is 10.8 Å². The minimum Gasteiger partial charge on any atom is -0.349 e. The van der Waals surface area contributed by atoms with Crippen LogP contribution >= 0.6 is 11.6 Å². The highest BCUT2D eigenvalue weighted by Gasteiger charge is 2.11. The molecule has 0 aliphatic carbocycles. The maximum absolute atomic E-state index is 11.9. The number of benzene rings is 1. The Kier molecular flexibility index (Phi) is 3.98. The maximum Gasteiger partial charge on any atom is 0.270 e. The van der Waals surface area contributed by atoms with Crippen LogP contribution < -0.4 is 5.32 Å². The highest BCUT2D eigenvalue weighted by Crippen LogP contribution is 2.22. The highest BCUT2D eigenvalue weighted by molar-refractivity contribution is 6.34. The SMILES string of the molecule is CC(C#N)CNC(=O)c1cc2ccccc2c(Cl)n1. The fraction of sp³-hybridized carbons (Fsp3) is 0.214. The van der Waals surface area contributed by atoms with Crippen molar-refractivity contribution >= 4 is 28.3 Å². The van der Waals surface area contributed by atoms with Crippen LogP contribution in [0.2, 0.25) is 5.15 Å². The van der Waals surface area contributed by atoms with Gasteiger partial charge in [0.05, 0.1) is 12.0 Å². The van der Waals surface area contributed by atoms with E-state index in [0.29, 0.717) is 11.7 Å². The molecular formula is C14H12ClN3O. The summed E-state index contributed by atoms with van der Waals surface area (Å²) >= 11 is 6.05. The van der Waals surface area contributed by atoms with Gasteiger partial charge in [0.1, 0.15) is 10.8 Å². The van der Waals surface area contributed by atoms with Gasteiger partial charge < -0.3 is 5.32 Å². The lowest BCUT2D eigenvalue weighted by molar-refractivity contribution is 0.0946. The fourth-order valence-electron chi connectivity index (χ4n) is 1.65. The molecule has 1 atom stereocenters. The van der Waals surface area contributed by atoms with Gasteiger partial charge in [-0.1, -0.05) is 35.9 Å². The normalized spacial score (nSPS) is 11.8. The van der Waals surface area contributed by atoms with Gasteiger partial charge in [-0.05, 0) is 18.4 Å². The minimum absolute atomic E-state index is 0.236. The molecule has 1 heterocycles. The van der Waals surface area contributed by atoms with Gasteiger partial charge in [-0.3, -0.25) is 4.79 Å². The molecule has 0 saturated carbocycles. The molecule has 19 heavy (non-hydrogen) atoms. The second-order valence-electron chi connectivity index (χ2n) is 4.26. The lowest BCUT2D eigenvalue weighted by Gasteiger charge is -2.07. The average Bonchev–Trinajstić information content (AvgIpc) is 2.44. The molecule has 0 aliphatic heterocycles. The van der Waals surface area contributed by atoms with Crippen molar-refractivity contribution in [1.82, 2.24) is 10.3 Å². The van der Waals surface area contributed by atoms with E-state index in [4.69, 9.17) is 16.9 Å². The number of hydrogen-bond acceptors (Lipinski definition) is 3. The molecule has 1 amide bonds. The van der Waals surface area contributed by atoms with E-state index in [2.05, 4.69) is 16.4 Å². The van der Waals surface area contributed by atoms with Crippen LogP contribution in [0, 0.1) is 17.2 Å². The molecule has 96 valence electrons. The summed E-state index contributed by atoms with van der Waals surface area (Å²) in [5, 5.41) is 13.3. The summed E-state index contributed by atoms with van der Waals surface area (Å²) in [7, 11) is 0. The lowest BCUT2D eigenvalue weighted by Crippen LogP contribution is -2.28. The lowest BCUT2D eigenvalue weighted by atomic mass is 10.1. The summed E-state index contributed by atoms with van der Waals surface area (Å²) < 4.78 is 0. The first kappa shape index (κ1) is 13.3. The zero-order chi connectivity index (χ0) is 13.8. The molecular weight excluding hydrogens is 262 g/mol. The zero-order valence-corrected chi connectivity index (χ0v) is 11.1. The summed E-state index contributed by atoms with van der Waals surface area (Å²) in [6, 6.07) is 11.2. The van der Waals surface area contributed by atoms with Crippen molar-refractivity contribution in [2.45, 2.75) is 6.92 Å². The van der Waals surface area contributed by atoms with E-state index in [1.165, 1.54) is 0 Å². The van der Waals surface area contributed by atoms with E-state index in [9.17, 15) is 4.79 Å². The molecule has 0 bridgehead atoms. The number of nitrogens with zero attached hydrogens (tertiary/aromatic N) is 2. The molecule has 5 heteroatoms. The fourth-order valence-corrected chi connectivity index (χ4v) is 1.92. The van der Waals surface area contributed by atoms with Crippen molar-refractivity contribution in [3.05, 3.63) is 41.2 Å². The standard InChI is InChI=1S/C14H12ClN3O/c1-9(7-16)8-17-14(19)12-6-10-4-2-3-5-11(10)13(15)18-12/h2-6,9H,8H2,1H3,(H,17,19). The second-order valence-corrected chi connectivity index (χ2v) is 4.62. The van der Waals surface area contributed by atoms with Crippen LogP contribution in [0.1, 0.15) is 17.4 Å². The Hall–Kier alpha value is -2.12. The van der Waals surface area contributed by atoms with Gasteiger partial charge in [-0.2, -0.15) is 5.26 Å². The van der Waals surface area contributed by atoms with E-state index in [0.717, 1.165) is 10.8 Å². The van der Waals surface area contributed by atoms with Crippen molar-refractivity contribution in [3.8, 4) is 6.07 Å². The summed E-state index contributed by atoms with van der Waals surface area (Å²) in [4.78, 5) is 16.0. The van der Waals surface area contributed by atoms with Crippen LogP contribution in [-0.4, -0.2) is 17.4 Å². The zero-order valence-electron chi connectivity index (χ0n) is 10.4. The first-order valence-electron chi connectivity index (χ1n) is 5.85. The van der Waals surface area contributed by atoms with E-state index in [1.54, 1.807) is 13.0 Å². The van der Waals surface area contributed by atoms with Crippen molar-refractivity contribution in [2.24, 2.45) is 5.92 Å². The summed E-state index contributed by atoms with van der Waals surface area (Å²) in [5.41, 5.74) is 0.258. The van der Waals surface area contributed by atoms with Gasteiger partial charge in [0, 0.05) is 11.9 Å². The van der Waals surface area contributed by atoms with Crippen LogP contribution in [0.4, 0.5) is 0 Å². The van der Waals surface area contributed by atoms with Crippen LogP contribution in [0.5, 0.6) is 0 Å². The Morgan fingerprint density at radius 2 is 2.26 bits per heavy atom. The average molecular weight is 274 g/mol. The Morgan fingerprint density at radius 3 is 3.00 bits per heavy atom. The molecule has 0 radical (unpaired) electrons. The topological polar surface area (TPSA) is 65.8 Å². The summed E-state index contributed by atoms with van der Waals surface area (Å²) in [6.07, 6.45) is 0. The van der Waals surface area contributed by atoms with Gasteiger partial charge >= 0.3 is 0 Å². The second kappa shape index (κ2) is 5.68. The number of fused-ring (bicyclic) bond motifs is 1. The Bertz CT molecular complexity index is 663. The predicted molar refractivity (Wildman–Crippen MR) is 73.9 cm³/mol. The minimum atomic E-state index is -0.324. The number of hydrogen-bond donors (Lipinski definition) is 1. The van der Waals surface area contributed by atoms with E-state index in [1.807, 2.05) is 24.3 Å². The number of nitrogens with one attached hydrogen (secondary N) is 1. The van der Waals surface area contributed by atoms with Crippen molar-refractivity contribution < 1.29 is 4.79 Å². The van der Waals surface area contributed by atoms with Gasteiger partial charge in [0.2, 0.25) is 0 Å². The number of amides is 1. The van der Waals surface area contributed by atoms with E-state index < -0.39 is 0 Å². The number of pyridine rings is 1. The van der Waals surface area contributed by atoms with E-state index in [-0.39, 0.29) is 17.5 Å². The predicted octanol–water partition coefficient (Wildman–Crippen LogP) is 2.78. The molecule has 2 rings (SSSR count). The van der Waals surface area contributed by atoms with Crippen molar-refractivity contribution in [3.63, 3.8) is 0 Å². The molecule has 1 N–H and O–H groups in total. The molecule has 1 aromatic heterocycles. The van der Waals surface area contributed by atoms with Gasteiger partial charge in [-0.25, -0.2) is 4.98 Å². The van der Waals surface area contributed by atoms with Crippen LogP contribution in [0.15, 0.2) is 30.3 Å². The number of rotatable bonds is 3. The summed E-state index contributed by atoms with van der Waals surface area (Å²) in [5.74, 6) is -0.561. The van der Waals surface area contributed by atoms with Gasteiger partial charge in [0.15, 0.2) is 0 Å².